The van der Waals surface area contributed by atoms with Gasteiger partial charge in [0.15, 0.2) is 5.82 Å². The molecule has 1 atom stereocenters. The second-order valence-electron chi connectivity index (χ2n) is 3.16. The van der Waals surface area contributed by atoms with E-state index >= 15 is 0 Å². The fraction of sp³-hybridized carbons (Fsp3) is 0.556. The molecule has 1 aromatic rings. The number of hydrogen-bond acceptors (Lipinski definition) is 4. The van der Waals surface area contributed by atoms with Gasteiger partial charge in [-0.2, -0.15) is 0 Å². The molecule has 0 saturated carbocycles. The second-order valence-corrected chi connectivity index (χ2v) is 3.16. The predicted molar refractivity (Wildman–Crippen MR) is 48.1 cm³/mol. The van der Waals surface area contributed by atoms with Crippen LogP contribution < -0.4 is 0 Å². The summed E-state index contributed by atoms with van der Waals surface area (Å²) in [6.07, 6.45) is 2.83. The lowest BCUT2D eigenvalue weighted by molar-refractivity contribution is -0.0723. The minimum absolute atomic E-state index is 0.114. The van der Waals surface area contributed by atoms with Crippen LogP contribution >= 0.6 is 0 Å². The Morgan fingerprint density at radius 2 is 2.50 bits per heavy atom. The number of carbonyl (C=O) groups excluding carboxylic acids is 1. The molecule has 0 radical (unpaired) electrons. The number of carbonyl (C=O) groups is 1. The van der Waals surface area contributed by atoms with Gasteiger partial charge in [-0.15, -0.1) is 0 Å². The molecule has 1 fully saturated rings. The minimum atomic E-state index is -0.496. The number of nitrogens with zero attached hydrogens (tertiary/aromatic N) is 2. The summed E-state index contributed by atoms with van der Waals surface area (Å²) < 4.78 is 12.1. The quantitative estimate of drug-likeness (QED) is 0.626. The molecular weight excluding hydrogens is 184 g/mol. The number of ketones is 1. The molecular formula is C9H12N2O3. The summed E-state index contributed by atoms with van der Waals surface area (Å²) in [7, 11) is 1.78. The molecule has 0 spiro atoms. The zero-order chi connectivity index (χ0) is 9.97. The number of rotatable bonds is 2. The molecule has 0 aliphatic carbocycles. The van der Waals surface area contributed by atoms with E-state index < -0.39 is 6.10 Å². The highest BCUT2D eigenvalue weighted by Crippen LogP contribution is 2.07. The lowest BCUT2D eigenvalue weighted by atomic mass is 10.2. The molecule has 1 aromatic heterocycles. The summed E-state index contributed by atoms with van der Waals surface area (Å²) >= 11 is 0. The van der Waals surface area contributed by atoms with Crippen LogP contribution in [0, 0.1) is 0 Å². The SMILES string of the molecule is Cn1ccnc1C(=O)C1COCCO1. The highest BCUT2D eigenvalue weighted by molar-refractivity contribution is 5.96. The maximum absolute atomic E-state index is 11.8. The van der Waals surface area contributed by atoms with E-state index in [0.29, 0.717) is 25.6 Å². The molecule has 0 amide bonds. The van der Waals surface area contributed by atoms with Crippen molar-refractivity contribution in [2.24, 2.45) is 7.05 Å². The molecule has 0 N–H and O–H groups in total. The van der Waals surface area contributed by atoms with Gasteiger partial charge >= 0.3 is 0 Å². The number of hydrogen-bond donors (Lipinski definition) is 0. The zero-order valence-electron chi connectivity index (χ0n) is 7.97. The monoisotopic (exact) mass is 196 g/mol. The summed E-state index contributed by atoms with van der Waals surface area (Å²) in [4.78, 5) is 15.8. The van der Waals surface area contributed by atoms with Gasteiger partial charge in [-0.1, -0.05) is 0 Å². The Kier molecular flexibility index (Phi) is 2.60. The summed E-state index contributed by atoms with van der Waals surface area (Å²) in [6, 6.07) is 0. The van der Waals surface area contributed by atoms with Crippen molar-refractivity contribution >= 4 is 5.78 Å². The molecule has 1 unspecified atom stereocenters. The van der Waals surface area contributed by atoms with Gasteiger partial charge in [0, 0.05) is 19.4 Å². The van der Waals surface area contributed by atoms with E-state index in [1.165, 1.54) is 0 Å². The van der Waals surface area contributed by atoms with Crippen molar-refractivity contribution in [1.82, 2.24) is 9.55 Å². The lowest BCUT2D eigenvalue weighted by Gasteiger charge is -2.21. The standard InChI is InChI=1S/C9H12N2O3/c1-11-3-2-10-9(11)8(12)7-6-13-4-5-14-7/h2-3,7H,4-6H2,1H3. The maximum Gasteiger partial charge on any atom is 0.229 e. The first kappa shape index (κ1) is 9.36. The van der Waals surface area contributed by atoms with E-state index in [0.717, 1.165) is 0 Å². The molecule has 1 aliphatic rings. The van der Waals surface area contributed by atoms with E-state index in [9.17, 15) is 4.79 Å². The zero-order valence-corrected chi connectivity index (χ0v) is 7.97. The first-order valence-electron chi connectivity index (χ1n) is 4.50. The van der Waals surface area contributed by atoms with E-state index in [2.05, 4.69) is 4.98 Å². The number of imidazole rings is 1. The van der Waals surface area contributed by atoms with E-state index in [4.69, 9.17) is 9.47 Å². The predicted octanol–water partition coefficient (Wildman–Crippen LogP) is 0.0182. The van der Waals surface area contributed by atoms with Crippen LogP contribution in [0.25, 0.3) is 0 Å². The average Bonchev–Trinajstić information content (AvgIpc) is 2.65. The third-order valence-corrected chi connectivity index (χ3v) is 2.15. The van der Waals surface area contributed by atoms with Crippen LogP contribution in [0.2, 0.25) is 0 Å². The molecule has 5 nitrogen and oxygen atoms in total. The summed E-state index contributed by atoms with van der Waals surface area (Å²) in [5.74, 6) is 0.303. The second kappa shape index (κ2) is 3.89. The number of aromatic nitrogens is 2. The first-order valence-corrected chi connectivity index (χ1v) is 4.50. The summed E-state index contributed by atoms with van der Waals surface area (Å²) in [5.41, 5.74) is 0. The van der Waals surface area contributed by atoms with E-state index in [1.807, 2.05) is 0 Å². The summed E-state index contributed by atoms with van der Waals surface area (Å²) in [6.45, 7) is 1.36. The van der Waals surface area contributed by atoms with Crippen molar-refractivity contribution in [3.05, 3.63) is 18.2 Å². The number of ether oxygens (including phenoxy) is 2. The summed E-state index contributed by atoms with van der Waals surface area (Å²) in [5, 5.41) is 0. The third kappa shape index (κ3) is 1.69. The van der Waals surface area contributed by atoms with E-state index in [-0.39, 0.29) is 5.78 Å². The number of Topliss-reactive ketones (excluding diaryl/α,β-unsaturated/α-hetero) is 1. The smallest absolute Gasteiger partial charge is 0.229 e. The molecule has 5 heteroatoms. The Hall–Kier alpha value is -1.20. The molecule has 14 heavy (non-hydrogen) atoms. The van der Waals surface area contributed by atoms with Gasteiger partial charge in [-0.3, -0.25) is 4.79 Å². The van der Waals surface area contributed by atoms with E-state index in [1.54, 1.807) is 24.0 Å². The van der Waals surface area contributed by atoms with Crippen molar-refractivity contribution in [2.75, 3.05) is 19.8 Å². The van der Waals surface area contributed by atoms with Crippen LogP contribution in [0.1, 0.15) is 10.6 Å². The van der Waals surface area contributed by atoms with Crippen LogP contribution in [0.4, 0.5) is 0 Å². The first-order chi connectivity index (χ1) is 6.79. The Bertz CT molecular complexity index is 329. The normalized spacial score (nSPS) is 22.2. The molecule has 1 saturated heterocycles. The van der Waals surface area contributed by atoms with Crippen molar-refractivity contribution in [2.45, 2.75) is 6.10 Å². The average molecular weight is 196 g/mol. The van der Waals surface area contributed by atoms with Gasteiger partial charge in [0.05, 0.1) is 19.8 Å². The third-order valence-electron chi connectivity index (χ3n) is 2.15. The molecule has 76 valence electrons. The van der Waals surface area contributed by atoms with Crippen LogP contribution in [0.3, 0.4) is 0 Å². The largest absolute Gasteiger partial charge is 0.376 e. The van der Waals surface area contributed by atoms with Crippen molar-refractivity contribution in [3.8, 4) is 0 Å². The minimum Gasteiger partial charge on any atom is -0.376 e. The Balaban J connectivity index is 2.11. The molecule has 1 aliphatic heterocycles. The highest BCUT2D eigenvalue weighted by atomic mass is 16.6. The maximum atomic E-state index is 11.8. The van der Waals surface area contributed by atoms with Gasteiger partial charge in [0.1, 0.15) is 6.10 Å². The molecule has 2 heterocycles. The fourth-order valence-corrected chi connectivity index (χ4v) is 1.39. The van der Waals surface area contributed by atoms with Gasteiger partial charge in [-0.05, 0) is 0 Å². The van der Waals surface area contributed by atoms with Gasteiger partial charge in [0.2, 0.25) is 5.78 Å². The number of aryl methyl sites for hydroxylation is 1. The fourth-order valence-electron chi connectivity index (χ4n) is 1.39. The van der Waals surface area contributed by atoms with Crippen LogP contribution in [-0.4, -0.2) is 41.3 Å². The van der Waals surface area contributed by atoms with Gasteiger partial charge in [0.25, 0.3) is 0 Å². The van der Waals surface area contributed by atoms with Crippen LogP contribution in [0.15, 0.2) is 12.4 Å². The van der Waals surface area contributed by atoms with Crippen molar-refractivity contribution in [3.63, 3.8) is 0 Å². The topological polar surface area (TPSA) is 53.4 Å². The Labute approximate surface area is 81.6 Å². The molecule has 0 aromatic carbocycles. The Morgan fingerprint density at radius 1 is 1.64 bits per heavy atom. The highest BCUT2D eigenvalue weighted by Gasteiger charge is 2.26. The van der Waals surface area contributed by atoms with Crippen molar-refractivity contribution in [1.29, 1.82) is 0 Å². The molecule has 0 bridgehead atoms. The van der Waals surface area contributed by atoms with Gasteiger partial charge in [-0.25, -0.2) is 4.98 Å². The van der Waals surface area contributed by atoms with Crippen molar-refractivity contribution < 1.29 is 14.3 Å². The van der Waals surface area contributed by atoms with Crippen LogP contribution in [-0.2, 0) is 16.5 Å². The molecule has 2 rings (SSSR count). The van der Waals surface area contributed by atoms with Gasteiger partial charge < -0.3 is 14.0 Å². The van der Waals surface area contributed by atoms with Crippen LogP contribution in [0.5, 0.6) is 0 Å². The lowest BCUT2D eigenvalue weighted by Crippen LogP contribution is -2.36. The Morgan fingerprint density at radius 3 is 3.07 bits per heavy atom.